The molecule has 0 heterocycles. The Balaban J connectivity index is 2.55. The van der Waals surface area contributed by atoms with Crippen LogP contribution in [0.25, 0.3) is 11.1 Å². The molecule has 2 rings (SSSR count). The standard InChI is InChI=1S/C19H20O4/c1-4-7-17(20)16-12-13(10-11-18(16)22-2)14-8-5-6-9-15(14)19(21)23-3/h4-6,8-12,17,20H,1,7H2,2-3H3. The molecule has 1 atom stereocenters. The van der Waals surface area contributed by atoms with E-state index in [1.165, 1.54) is 7.11 Å². The number of aliphatic hydroxyl groups is 1. The van der Waals surface area contributed by atoms with Crippen molar-refractivity contribution in [2.24, 2.45) is 0 Å². The maximum atomic E-state index is 11.9. The van der Waals surface area contributed by atoms with Crippen molar-refractivity contribution < 1.29 is 19.4 Å². The summed E-state index contributed by atoms with van der Waals surface area (Å²) in [5.74, 6) is 0.197. The minimum absolute atomic E-state index is 0.399. The highest BCUT2D eigenvalue weighted by molar-refractivity contribution is 5.97. The van der Waals surface area contributed by atoms with E-state index in [-0.39, 0.29) is 0 Å². The number of carbonyl (C=O) groups is 1. The maximum absolute atomic E-state index is 11.9. The van der Waals surface area contributed by atoms with E-state index in [1.54, 1.807) is 31.4 Å². The van der Waals surface area contributed by atoms with Gasteiger partial charge in [0.25, 0.3) is 0 Å². The zero-order chi connectivity index (χ0) is 16.8. The van der Waals surface area contributed by atoms with E-state index in [0.717, 1.165) is 11.1 Å². The minimum atomic E-state index is -0.715. The Kier molecular flexibility index (Phi) is 5.55. The molecule has 4 heteroatoms. The Bertz CT molecular complexity index is 706. The molecule has 0 aliphatic heterocycles. The molecule has 23 heavy (non-hydrogen) atoms. The van der Waals surface area contributed by atoms with Crippen molar-refractivity contribution >= 4 is 5.97 Å². The maximum Gasteiger partial charge on any atom is 0.338 e. The van der Waals surface area contributed by atoms with E-state index in [0.29, 0.717) is 23.3 Å². The number of benzene rings is 2. The van der Waals surface area contributed by atoms with Crippen molar-refractivity contribution in [2.75, 3.05) is 14.2 Å². The quantitative estimate of drug-likeness (QED) is 0.652. The van der Waals surface area contributed by atoms with Gasteiger partial charge in [0.1, 0.15) is 5.75 Å². The first-order chi connectivity index (χ1) is 11.1. The summed E-state index contributed by atoms with van der Waals surface area (Å²) in [6, 6.07) is 12.7. The summed E-state index contributed by atoms with van der Waals surface area (Å²) in [5.41, 5.74) is 2.69. The normalized spacial score (nSPS) is 11.6. The summed E-state index contributed by atoms with van der Waals surface area (Å²) in [5, 5.41) is 10.3. The molecule has 1 unspecified atom stereocenters. The van der Waals surface area contributed by atoms with Crippen LogP contribution in [-0.2, 0) is 4.74 Å². The number of esters is 1. The largest absolute Gasteiger partial charge is 0.496 e. The van der Waals surface area contributed by atoms with Gasteiger partial charge in [0.2, 0.25) is 0 Å². The molecule has 0 saturated carbocycles. The Morgan fingerprint density at radius 1 is 1.26 bits per heavy atom. The van der Waals surface area contributed by atoms with Crippen molar-refractivity contribution in [3.8, 4) is 16.9 Å². The van der Waals surface area contributed by atoms with Gasteiger partial charge in [0, 0.05) is 5.56 Å². The molecule has 120 valence electrons. The molecule has 0 radical (unpaired) electrons. The predicted octanol–water partition coefficient (Wildman–Crippen LogP) is 3.76. The summed E-state index contributed by atoms with van der Waals surface area (Å²) >= 11 is 0. The average molecular weight is 312 g/mol. The third-order valence-electron chi connectivity index (χ3n) is 3.62. The van der Waals surface area contributed by atoms with Crippen LogP contribution in [0.4, 0.5) is 0 Å². The highest BCUT2D eigenvalue weighted by atomic mass is 16.5. The number of hydrogen-bond donors (Lipinski definition) is 1. The second-order valence-corrected chi connectivity index (χ2v) is 5.03. The number of carbonyl (C=O) groups excluding carboxylic acids is 1. The summed E-state index contributed by atoms with van der Waals surface area (Å²) < 4.78 is 10.1. The van der Waals surface area contributed by atoms with Crippen LogP contribution in [0.2, 0.25) is 0 Å². The molecule has 2 aromatic rings. The lowest BCUT2D eigenvalue weighted by Gasteiger charge is -2.16. The summed E-state index contributed by atoms with van der Waals surface area (Å²) in [4.78, 5) is 11.9. The fourth-order valence-electron chi connectivity index (χ4n) is 2.47. The van der Waals surface area contributed by atoms with E-state index in [1.807, 2.05) is 24.3 Å². The molecular formula is C19H20O4. The highest BCUT2D eigenvalue weighted by Crippen LogP contribution is 2.33. The summed E-state index contributed by atoms with van der Waals surface area (Å²) in [6.07, 6.45) is 1.35. The van der Waals surface area contributed by atoms with Crippen LogP contribution >= 0.6 is 0 Å². The van der Waals surface area contributed by atoms with Crippen molar-refractivity contribution in [1.29, 1.82) is 0 Å². The second kappa shape index (κ2) is 7.61. The van der Waals surface area contributed by atoms with E-state index in [4.69, 9.17) is 9.47 Å². The highest BCUT2D eigenvalue weighted by Gasteiger charge is 2.17. The van der Waals surface area contributed by atoms with Crippen molar-refractivity contribution in [1.82, 2.24) is 0 Å². The predicted molar refractivity (Wildman–Crippen MR) is 89.5 cm³/mol. The van der Waals surface area contributed by atoms with Crippen LogP contribution in [0.3, 0.4) is 0 Å². The Labute approximate surface area is 136 Å². The fourth-order valence-corrected chi connectivity index (χ4v) is 2.47. The van der Waals surface area contributed by atoms with Gasteiger partial charge in [-0.05, 0) is 35.7 Å². The molecule has 0 aliphatic rings. The van der Waals surface area contributed by atoms with Gasteiger partial charge in [-0.3, -0.25) is 0 Å². The lowest BCUT2D eigenvalue weighted by Crippen LogP contribution is -2.04. The molecule has 0 aromatic heterocycles. The molecule has 0 saturated heterocycles. The molecule has 2 aromatic carbocycles. The lowest BCUT2D eigenvalue weighted by atomic mass is 9.95. The van der Waals surface area contributed by atoms with Gasteiger partial charge in [-0.2, -0.15) is 0 Å². The van der Waals surface area contributed by atoms with Gasteiger partial charge in [0.15, 0.2) is 0 Å². The minimum Gasteiger partial charge on any atom is -0.496 e. The molecule has 0 amide bonds. The number of ether oxygens (including phenoxy) is 2. The van der Waals surface area contributed by atoms with Crippen LogP contribution < -0.4 is 4.74 Å². The number of hydrogen-bond acceptors (Lipinski definition) is 4. The van der Waals surface area contributed by atoms with Gasteiger partial charge >= 0.3 is 5.97 Å². The van der Waals surface area contributed by atoms with Gasteiger partial charge in [-0.15, -0.1) is 6.58 Å². The molecule has 1 N–H and O–H groups in total. The molecule has 0 bridgehead atoms. The first-order valence-corrected chi connectivity index (χ1v) is 7.27. The van der Waals surface area contributed by atoms with Crippen LogP contribution in [0.5, 0.6) is 5.75 Å². The zero-order valence-electron chi connectivity index (χ0n) is 13.3. The molecule has 0 fully saturated rings. The van der Waals surface area contributed by atoms with Crippen LogP contribution in [0.15, 0.2) is 55.1 Å². The first-order valence-electron chi connectivity index (χ1n) is 7.27. The molecule has 0 spiro atoms. The van der Waals surface area contributed by atoms with Gasteiger partial charge in [0.05, 0.1) is 25.9 Å². The Morgan fingerprint density at radius 2 is 2.00 bits per heavy atom. The molecule has 0 aliphatic carbocycles. The van der Waals surface area contributed by atoms with Crippen LogP contribution in [0, 0.1) is 0 Å². The monoisotopic (exact) mass is 312 g/mol. The molecule has 4 nitrogen and oxygen atoms in total. The summed E-state index contributed by atoms with van der Waals surface area (Å²) in [6.45, 7) is 3.65. The topological polar surface area (TPSA) is 55.8 Å². The van der Waals surface area contributed by atoms with E-state index in [9.17, 15) is 9.90 Å². The number of methoxy groups -OCH3 is 2. The lowest BCUT2D eigenvalue weighted by molar-refractivity contribution is 0.0601. The fraction of sp³-hybridized carbons (Fsp3) is 0.211. The van der Waals surface area contributed by atoms with E-state index < -0.39 is 12.1 Å². The second-order valence-electron chi connectivity index (χ2n) is 5.03. The number of rotatable bonds is 6. The van der Waals surface area contributed by atoms with E-state index >= 15 is 0 Å². The van der Waals surface area contributed by atoms with Gasteiger partial charge in [-0.25, -0.2) is 4.79 Å². The third-order valence-corrected chi connectivity index (χ3v) is 3.62. The van der Waals surface area contributed by atoms with Crippen molar-refractivity contribution in [2.45, 2.75) is 12.5 Å². The van der Waals surface area contributed by atoms with Crippen LogP contribution in [-0.4, -0.2) is 25.3 Å². The Hall–Kier alpha value is -2.59. The summed E-state index contributed by atoms with van der Waals surface area (Å²) in [7, 11) is 2.91. The smallest absolute Gasteiger partial charge is 0.338 e. The van der Waals surface area contributed by atoms with Gasteiger partial charge in [-0.1, -0.05) is 30.3 Å². The zero-order valence-corrected chi connectivity index (χ0v) is 13.3. The third kappa shape index (κ3) is 3.60. The average Bonchev–Trinajstić information content (AvgIpc) is 2.60. The number of aliphatic hydroxyl groups excluding tert-OH is 1. The SMILES string of the molecule is C=CCC(O)c1cc(-c2ccccc2C(=O)OC)ccc1OC. The molecular weight excluding hydrogens is 292 g/mol. The van der Waals surface area contributed by atoms with E-state index in [2.05, 4.69) is 6.58 Å². The Morgan fingerprint density at radius 3 is 2.65 bits per heavy atom. The van der Waals surface area contributed by atoms with Crippen LogP contribution in [0.1, 0.15) is 28.4 Å². The first kappa shape index (κ1) is 16.8. The van der Waals surface area contributed by atoms with Gasteiger partial charge < -0.3 is 14.6 Å². The van der Waals surface area contributed by atoms with Crippen molar-refractivity contribution in [3.05, 3.63) is 66.2 Å². The van der Waals surface area contributed by atoms with Crippen molar-refractivity contribution in [3.63, 3.8) is 0 Å².